The van der Waals surface area contributed by atoms with Crippen molar-refractivity contribution in [3.8, 4) is 11.1 Å². The molecule has 2 amide bonds. The molecule has 3 aromatic rings. The zero-order chi connectivity index (χ0) is 20.2. The molecular formula is C21H19FN4O2S. The molecule has 1 atom stereocenters. The van der Waals surface area contributed by atoms with Crippen molar-refractivity contribution in [2.45, 2.75) is 12.8 Å². The number of likely N-dealkylation sites (tertiary alicyclic amines) is 1. The van der Waals surface area contributed by atoms with E-state index in [0.717, 1.165) is 35.7 Å². The molecule has 1 N–H and O–H groups in total. The summed E-state index contributed by atoms with van der Waals surface area (Å²) in [5, 5.41) is 2.92. The van der Waals surface area contributed by atoms with Crippen LogP contribution in [0.25, 0.3) is 11.1 Å². The van der Waals surface area contributed by atoms with Gasteiger partial charge in [0.1, 0.15) is 5.82 Å². The third-order valence-corrected chi connectivity index (χ3v) is 5.45. The van der Waals surface area contributed by atoms with E-state index in [-0.39, 0.29) is 23.5 Å². The van der Waals surface area contributed by atoms with Gasteiger partial charge in [-0.25, -0.2) is 4.39 Å². The first-order chi connectivity index (χ1) is 14.1. The normalized spacial score (nSPS) is 16.4. The van der Waals surface area contributed by atoms with Crippen LogP contribution in [-0.4, -0.2) is 38.6 Å². The number of carbonyl (C=O) groups is 2. The molecule has 1 aliphatic heterocycles. The summed E-state index contributed by atoms with van der Waals surface area (Å²) >= 11 is 0.993. The van der Waals surface area contributed by atoms with E-state index in [1.807, 2.05) is 18.2 Å². The van der Waals surface area contributed by atoms with Gasteiger partial charge in [0.05, 0.1) is 23.8 Å². The maximum absolute atomic E-state index is 13.4. The van der Waals surface area contributed by atoms with Crippen molar-refractivity contribution in [1.29, 1.82) is 0 Å². The number of anilines is 1. The average molecular weight is 410 g/mol. The largest absolute Gasteiger partial charge is 0.336 e. The van der Waals surface area contributed by atoms with Crippen molar-refractivity contribution >= 4 is 29.2 Å². The number of halogens is 1. The Morgan fingerprint density at radius 3 is 2.69 bits per heavy atom. The minimum absolute atomic E-state index is 0.114. The Balaban J connectivity index is 1.39. The second kappa shape index (κ2) is 8.48. The zero-order valence-electron chi connectivity index (χ0n) is 15.5. The maximum Gasteiger partial charge on any atom is 0.275 e. The topological polar surface area (TPSA) is 75.2 Å². The lowest BCUT2D eigenvalue weighted by Gasteiger charge is -2.31. The highest BCUT2D eigenvalue weighted by atomic mass is 32.1. The Kier molecular flexibility index (Phi) is 5.62. The Bertz CT molecular complexity index is 1010. The molecule has 0 radical (unpaired) electrons. The van der Waals surface area contributed by atoms with Crippen molar-refractivity contribution in [2.75, 3.05) is 18.4 Å². The smallest absolute Gasteiger partial charge is 0.275 e. The first-order valence-corrected chi connectivity index (χ1v) is 10.1. The number of nitrogens with zero attached hydrogens (tertiary/aromatic N) is 3. The van der Waals surface area contributed by atoms with Gasteiger partial charge in [-0.2, -0.15) is 8.75 Å². The number of carbonyl (C=O) groups excluding carboxylic acids is 2. The van der Waals surface area contributed by atoms with Crippen molar-refractivity contribution in [2.24, 2.45) is 5.92 Å². The van der Waals surface area contributed by atoms with Crippen LogP contribution < -0.4 is 5.32 Å². The van der Waals surface area contributed by atoms with Crippen molar-refractivity contribution < 1.29 is 14.0 Å². The second-order valence-electron chi connectivity index (χ2n) is 6.96. The van der Waals surface area contributed by atoms with Crippen LogP contribution >= 0.6 is 11.7 Å². The van der Waals surface area contributed by atoms with Gasteiger partial charge in [-0.05, 0) is 48.2 Å². The SMILES string of the molecule is O=C(Nc1ccc(-c2cccc(F)c2)cc1)C1CCCN(C(=O)c2cnsn2)C1. The minimum Gasteiger partial charge on any atom is -0.336 e. The van der Waals surface area contributed by atoms with Gasteiger partial charge in [-0.15, -0.1) is 0 Å². The summed E-state index contributed by atoms with van der Waals surface area (Å²) in [7, 11) is 0. The molecule has 8 heteroatoms. The second-order valence-corrected chi connectivity index (χ2v) is 7.52. The lowest BCUT2D eigenvalue weighted by molar-refractivity contribution is -0.121. The molecule has 1 unspecified atom stereocenters. The van der Waals surface area contributed by atoms with E-state index in [9.17, 15) is 14.0 Å². The fourth-order valence-corrected chi connectivity index (χ4v) is 3.86. The molecule has 1 aliphatic rings. The number of piperidine rings is 1. The van der Waals surface area contributed by atoms with Crippen LogP contribution in [0, 0.1) is 11.7 Å². The van der Waals surface area contributed by atoms with E-state index in [1.54, 1.807) is 23.1 Å². The summed E-state index contributed by atoms with van der Waals surface area (Å²) in [6, 6.07) is 13.7. The summed E-state index contributed by atoms with van der Waals surface area (Å²) in [6.07, 6.45) is 2.95. The predicted octanol–water partition coefficient (Wildman–Crippen LogP) is 3.84. The Morgan fingerprint density at radius 1 is 1.14 bits per heavy atom. The summed E-state index contributed by atoms with van der Waals surface area (Å²) in [6.45, 7) is 0.978. The fourth-order valence-electron chi connectivity index (χ4n) is 3.45. The van der Waals surface area contributed by atoms with Crippen LogP contribution in [-0.2, 0) is 4.79 Å². The number of amides is 2. The molecule has 1 fully saturated rings. The van der Waals surface area contributed by atoms with Crippen LogP contribution in [0.3, 0.4) is 0 Å². The van der Waals surface area contributed by atoms with Gasteiger partial charge in [-0.1, -0.05) is 24.3 Å². The van der Waals surface area contributed by atoms with Gasteiger partial charge in [0, 0.05) is 18.8 Å². The highest BCUT2D eigenvalue weighted by molar-refractivity contribution is 6.99. The van der Waals surface area contributed by atoms with Gasteiger partial charge in [-0.3, -0.25) is 9.59 Å². The monoisotopic (exact) mass is 410 g/mol. The van der Waals surface area contributed by atoms with Gasteiger partial charge < -0.3 is 10.2 Å². The molecule has 0 aliphatic carbocycles. The maximum atomic E-state index is 13.4. The highest BCUT2D eigenvalue weighted by Gasteiger charge is 2.29. The molecular weight excluding hydrogens is 391 g/mol. The van der Waals surface area contributed by atoms with Gasteiger partial charge in [0.25, 0.3) is 5.91 Å². The number of aromatic nitrogens is 2. The quantitative estimate of drug-likeness (QED) is 0.709. The molecule has 2 aromatic carbocycles. The Hall–Kier alpha value is -3.13. The predicted molar refractivity (Wildman–Crippen MR) is 109 cm³/mol. The van der Waals surface area contributed by atoms with E-state index in [1.165, 1.54) is 18.3 Å². The van der Waals surface area contributed by atoms with Gasteiger partial charge in [0.2, 0.25) is 5.91 Å². The summed E-state index contributed by atoms with van der Waals surface area (Å²) in [5.41, 5.74) is 2.64. The van der Waals surface area contributed by atoms with E-state index in [2.05, 4.69) is 14.1 Å². The number of nitrogens with one attached hydrogen (secondary N) is 1. The molecule has 0 spiro atoms. The summed E-state index contributed by atoms with van der Waals surface area (Å²) < 4.78 is 21.2. The first kappa shape index (κ1) is 19.2. The molecule has 6 nitrogen and oxygen atoms in total. The number of benzene rings is 2. The molecule has 1 saturated heterocycles. The van der Waals surface area contributed by atoms with E-state index >= 15 is 0 Å². The molecule has 2 heterocycles. The fraction of sp³-hybridized carbons (Fsp3) is 0.238. The van der Waals surface area contributed by atoms with Gasteiger partial charge >= 0.3 is 0 Å². The van der Waals surface area contributed by atoms with E-state index in [4.69, 9.17) is 0 Å². The lowest BCUT2D eigenvalue weighted by Crippen LogP contribution is -2.43. The lowest BCUT2D eigenvalue weighted by atomic mass is 9.96. The van der Waals surface area contributed by atoms with Crippen molar-refractivity contribution in [3.05, 3.63) is 66.2 Å². The Labute approximate surface area is 171 Å². The molecule has 4 rings (SSSR count). The van der Waals surface area contributed by atoms with E-state index in [0.29, 0.717) is 24.5 Å². The highest BCUT2D eigenvalue weighted by Crippen LogP contribution is 2.24. The number of rotatable bonds is 4. The van der Waals surface area contributed by atoms with Crippen LogP contribution in [0.2, 0.25) is 0 Å². The Morgan fingerprint density at radius 2 is 1.97 bits per heavy atom. The molecule has 1 aromatic heterocycles. The van der Waals surface area contributed by atoms with E-state index < -0.39 is 0 Å². The number of hydrogen-bond acceptors (Lipinski definition) is 5. The number of hydrogen-bond donors (Lipinski definition) is 1. The molecule has 0 saturated carbocycles. The van der Waals surface area contributed by atoms with Crippen molar-refractivity contribution in [3.63, 3.8) is 0 Å². The van der Waals surface area contributed by atoms with Crippen molar-refractivity contribution in [1.82, 2.24) is 13.6 Å². The molecule has 148 valence electrons. The first-order valence-electron chi connectivity index (χ1n) is 9.34. The minimum atomic E-state index is -0.287. The van der Waals surface area contributed by atoms with Gasteiger partial charge in [0.15, 0.2) is 5.69 Å². The van der Waals surface area contributed by atoms with Crippen LogP contribution in [0.4, 0.5) is 10.1 Å². The van der Waals surface area contributed by atoms with Crippen LogP contribution in [0.15, 0.2) is 54.7 Å². The molecule has 29 heavy (non-hydrogen) atoms. The standard InChI is InChI=1S/C21H19FN4O2S/c22-17-5-1-3-15(11-17)14-6-8-18(9-7-14)24-20(27)16-4-2-10-26(13-16)21(28)19-12-23-29-25-19/h1,3,5-9,11-12,16H,2,4,10,13H2,(H,24,27). The van der Waals surface area contributed by atoms with Crippen LogP contribution in [0.1, 0.15) is 23.3 Å². The molecule has 0 bridgehead atoms. The third-order valence-electron chi connectivity index (χ3n) is 4.97. The van der Waals surface area contributed by atoms with Crippen LogP contribution in [0.5, 0.6) is 0 Å². The summed E-state index contributed by atoms with van der Waals surface area (Å²) in [4.78, 5) is 26.8. The third kappa shape index (κ3) is 4.48. The average Bonchev–Trinajstić information content (AvgIpc) is 3.29. The summed E-state index contributed by atoms with van der Waals surface area (Å²) in [5.74, 6) is -0.861. The zero-order valence-corrected chi connectivity index (χ0v) is 16.4.